The van der Waals surface area contributed by atoms with E-state index in [4.69, 9.17) is 0 Å². The van der Waals surface area contributed by atoms with Crippen molar-refractivity contribution in [1.29, 1.82) is 0 Å². The van der Waals surface area contributed by atoms with Crippen molar-refractivity contribution in [3.8, 4) is 0 Å². The van der Waals surface area contributed by atoms with E-state index in [1.807, 2.05) is 0 Å². The van der Waals surface area contributed by atoms with Crippen LogP contribution < -0.4 is 0 Å². The fraction of sp³-hybridized carbons (Fsp3) is 0.833. The Kier molecular flexibility index (Phi) is 10.9. The number of hydrogen-bond donors (Lipinski definition) is 0. The van der Waals surface area contributed by atoms with Crippen LogP contribution in [0.1, 0.15) is 52.9 Å². The molecule has 0 aliphatic heterocycles. The summed E-state index contributed by atoms with van der Waals surface area (Å²) >= 11 is 0. The van der Waals surface area contributed by atoms with E-state index in [1.165, 1.54) is 45.2 Å². The van der Waals surface area contributed by atoms with Crippen molar-refractivity contribution in [3.63, 3.8) is 0 Å². The van der Waals surface area contributed by atoms with Gasteiger partial charge in [-0.25, -0.2) is 0 Å². The number of nitrogens with zero attached hydrogens (tertiary/aromatic N) is 1. The third-order valence-corrected chi connectivity index (χ3v) is 4.11. The topological polar surface area (TPSA) is 3.24 Å². The van der Waals surface area contributed by atoms with Gasteiger partial charge in [-0.15, -0.1) is 0 Å². The first-order valence-electron chi connectivity index (χ1n) is 6.22. The number of unbranched alkanes of at least 4 members (excludes halogenated alkanes) is 2. The average molecular weight is 213 g/mol. The van der Waals surface area contributed by atoms with E-state index in [9.17, 15) is 0 Å². The summed E-state index contributed by atoms with van der Waals surface area (Å²) in [4.78, 5) is 0. The van der Waals surface area contributed by atoms with Gasteiger partial charge < -0.3 is 4.57 Å². The molecule has 0 atom stereocenters. The molecule has 0 amide bonds. The van der Waals surface area contributed by atoms with Crippen molar-refractivity contribution >= 4 is 9.68 Å². The standard InChI is InChI=1S/C12H27NSi/c1-4-7-10-13(11-8-5-2)14-12-9-6-3/h9,12H,4-8,10-11,14H2,1-3H3. The van der Waals surface area contributed by atoms with Crippen LogP contribution in [-0.4, -0.2) is 27.3 Å². The highest BCUT2D eigenvalue weighted by molar-refractivity contribution is 6.38. The van der Waals surface area contributed by atoms with E-state index in [1.54, 1.807) is 0 Å². The zero-order valence-corrected chi connectivity index (χ0v) is 11.7. The third kappa shape index (κ3) is 8.51. The monoisotopic (exact) mass is 213 g/mol. The zero-order valence-electron chi connectivity index (χ0n) is 10.3. The van der Waals surface area contributed by atoms with Gasteiger partial charge in [0.1, 0.15) is 9.68 Å². The summed E-state index contributed by atoms with van der Waals surface area (Å²) in [7, 11) is -0.0735. The van der Waals surface area contributed by atoms with Gasteiger partial charge in [-0.3, -0.25) is 0 Å². The summed E-state index contributed by atoms with van der Waals surface area (Å²) < 4.78 is 2.71. The van der Waals surface area contributed by atoms with E-state index in [2.05, 4.69) is 37.1 Å². The van der Waals surface area contributed by atoms with Crippen LogP contribution in [0.3, 0.4) is 0 Å². The first kappa shape index (κ1) is 13.9. The smallest absolute Gasteiger partial charge is 0.119 e. The Morgan fingerprint density at radius 1 is 1.00 bits per heavy atom. The second-order valence-electron chi connectivity index (χ2n) is 3.89. The molecular weight excluding hydrogens is 186 g/mol. The molecular formula is C12H27NSi. The summed E-state index contributed by atoms with van der Waals surface area (Å²) in [5.74, 6) is 0. The fourth-order valence-electron chi connectivity index (χ4n) is 1.45. The predicted molar refractivity (Wildman–Crippen MR) is 69.4 cm³/mol. The summed E-state index contributed by atoms with van der Waals surface area (Å²) in [5.41, 5.74) is 2.45. The SMILES string of the molecule is CCC=C[SiH2]N(CCCC)CCCC. The highest BCUT2D eigenvalue weighted by Gasteiger charge is 2.00. The van der Waals surface area contributed by atoms with Crippen LogP contribution in [-0.2, 0) is 0 Å². The van der Waals surface area contributed by atoms with Gasteiger partial charge >= 0.3 is 0 Å². The van der Waals surface area contributed by atoms with Gasteiger partial charge in [-0.05, 0) is 32.4 Å². The molecule has 0 spiro atoms. The van der Waals surface area contributed by atoms with Crippen LogP contribution in [0.15, 0.2) is 11.8 Å². The molecule has 0 unspecified atom stereocenters. The molecule has 0 bridgehead atoms. The number of hydrogen-bond acceptors (Lipinski definition) is 1. The van der Waals surface area contributed by atoms with E-state index in [0.717, 1.165) is 0 Å². The molecule has 0 rings (SSSR count). The molecule has 0 aromatic carbocycles. The van der Waals surface area contributed by atoms with Crippen LogP contribution >= 0.6 is 0 Å². The maximum atomic E-state index is 2.71. The molecule has 0 aromatic rings. The minimum absolute atomic E-state index is 0.0735. The van der Waals surface area contributed by atoms with Gasteiger partial charge in [0, 0.05) is 0 Å². The Bertz CT molecular complexity index is 126. The largest absolute Gasteiger partial charge is 0.325 e. The van der Waals surface area contributed by atoms with Crippen molar-refractivity contribution < 1.29 is 0 Å². The van der Waals surface area contributed by atoms with Gasteiger partial charge in [0.2, 0.25) is 0 Å². The highest BCUT2D eigenvalue weighted by Crippen LogP contribution is 1.98. The van der Waals surface area contributed by atoms with Crippen LogP contribution in [0.2, 0.25) is 0 Å². The zero-order chi connectivity index (χ0) is 10.6. The number of allylic oxidation sites excluding steroid dienone is 1. The third-order valence-electron chi connectivity index (χ3n) is 2.42. The van der Waals surface area contributed by atoms with Gasteiger partial charge in [0.15, 0.2) is 0 Å². The second kappa shape index (κ2) is 11.0. The molecule has 0 heterocycles. The minimum Gasteiger partial charge on any atom is -0.325 e. The Hall–Kier alpha value is -0.0831. The summed E-state index contributed by atoms with van der Waals surface area (Å²) in [6, 6.07) is 0. The lowest BCUT2D eigenvalue weighted by Crippen LogP contribution is -2.29. The molecule has 1 nitrogen and oxygen atoms in total. The van der Waals surface area contributed by atoms with Crippen molar-refractivity contribution in [3.05, 3.63) is 11.8 Å². The lowest BCUT2D eigenvalue weighted by molar-refractivity contribution is 0.423. The minimum atomic E-state index is -0.0735. The van der Waals surface area contributed by atoms with Gasteiger partial charge in [0.05, 0.1) is 0 Å². The van der Waals surface area contributed by atoms with Crippen LogP contribution in [0.25, 0.3) is 0 Å². The highest BCUT2D eigenvalue weighted by atomic mass is 28.2. The van der Waals surface area contributed by atoms with Gasteiger partial charge in [-0.1, -0.05) is 45.4 Å². The number of rotatable bonds is 9. The molecule has 0 N–H and O–H groups in total. The molecule has 0 aromatic heterocycles. The molecule has 0 saturated heterocycles. The van der Waals surface area contributed by atoms with Crippen molar-refractivity contribution in [2.75, 3.05) is 13.1 Å². The van der Waals surface area contributed by atoms with Crippen LogP contribution in [0.4, 0.5) is 0 Å². The molecule has 14 heavy (non-hydrogen) atoms. The van der Waals surface area contributed by atoms with E-state index < -0.39 is 0 Å². The summed E-state index contributed by atoms with van der Waals surface area (Å²) in [6.45, 7) is 9.43. The summed E-state index contributed by atoms with van der Waals surface area (Å²) in [6.07, 6.45) is 8.93. The van der Waals surface area contributed by atoms with Crippen LogP contribution in [0.5, 0.6) is 0 Å². The van der Waals surface area contributed by atoms with Crippen molar-refractivity contribution in [2.24, 2.45) is 0 Å². The van der Waals surface area contributed by atoms with Gasteiger partial charge in [-0.2, -0.15) is 0 Å². The fourth-order valence-corrected chi connectivity index (χ4v) is 3.04. The maximum Gasteiger partial charge on any atom is 0.119 e. The Labute approximate surface area is 92.5 Å². The van der Waals surface area contributed by atoms with Gasteiger partial charge in [0.25, 0.3) is 0 Å². The molecule has 2 heteroatoms. The second-order valence-corrected chi connectivity index (χ2v) is 5.62. The first-order chi connectivity index (χ1) is 6.85. The lowest BCUT2D eigenvalue weighted by Gasteiger charge is -2.19. The average Bonchev–Trinajstić information content (AvgIpc) is 2.21. The molecule has 0 radical (unpaired) electrons. The van der Waals surface area contributed by atoms with Crippen molar-refractivity contribution in [2.45, 2.75) is 52.9 Å². The Morgan fingerprint density at radius 2 is 1.57 bits per heavy atom. The van der Waals surface area contributed by atoms with Crippen molar-refractivity contribution in [1.82, 2.24) is 4.57 Å². The summed E-state index contributed by atoms with van der Waals surface area (Å²) in [5, 5.41) is 0. The molecule has 0 aliphatic rings. The van der Waals surface area contributed by atoms with E-state index in [0.29, 0.717) is 0 Å². The normalized spacial score (nSPS) is 12.6. The maximum absolute atomic E-state index is 2.71. The van der Waals surface area contributed by atoms with E-state index >= 15 is 0 Å². The molecule has 0 aliphatic carbocycles. The first-order valence-corrected chi connectivity index (χ1v) is 7.67. The lowest BCUT2D eigenvalue weighted by atomic mass is 10.3. The van der Waals surface area contributed by atoms with E-state index in [-0.39, 0.29) is 9.68 Å². The Balaban J connectivity index is 3.65. The van der Waals surface area contributed by atoms with Crippen LogP contribution in [0, 0.1) is 0 Å². The molecule has 0 saturated carbocycles. The quantitative estimate of drug-likeness (QED) is 0.532. The molecule has 84 valence electrons. The Morgan fingerprint density at radius 3 is 2.00 bits per heavy atom. The molecule has 0 fully saturated rings. The predicted octanol–water partition coefficient (Wildman–Crippen LogP) is 2.90.